The van der Waals surface area contributed by atoms with Crippen molar-refractivity contribution < 1.29 is 72.0 Å². The molecule has 31 heteroatoms. The Bertz CT molecular complexity index is 3310. The second kappa shape index (κ2) is 32.4. The standard InChI is InChI=1S/C57H80N10O17S4/c1-8-65(49-23-19-45(20-24-49)62-63-46-21-25-50(26-22-46)67(72)73)31-32-82-53(69)28-27-52(68)66-37-44(39-85(74,75)33-29-58-87(78,79)40-47(35-42-15-11-9-12-16-42)60-54(70)83-56(2,3)4)51(38-66)64-86(76,77)34-30-59-88(80,81)41-48(36-43-17-13-10-14-18-43)61-55(71)84-57(5,6)7/h9-26,44,47-48,51,58-59,64H,8,27-41H2,1-7H3,(H,60,70)(H,61,71)/t44-,47-,48-,51+/m0/s1. The first-order chi connectivity index (χ1) is 41.1. The number of sulfonamides is 3. The van der Waals surface area contributed by atoms with Gasteiger partial charge in [0.1, 0.15) is 17.8 Å². The molecule has 0 aromatic heterocycles. The number of nitrogens with one attached hydrogen (secondary N) is 5. The maximum Gasteiger partial charge on any atom is 0.407 e. The largest absolute Gasteiger partial charge is 0.464 e. The zero-order chi connectivity index (χ0) is 64.9. The first kappa shape index (κ1) is 71.6. The van der Waals surface area contributed by atoms with Crippen LogP contribution in [0.15, 0.2) is 119 Å². The van der Waals surface area contributed by atoms with Crippen molar-refractivity contribution in [3.05, 3.63) is 130 Å². The first-order valence-electron chi connectivity index (χ1n) is 28.3. The number of ether oxygens (including phenoxy) is 3. The van der Waals surface area contributed by atoms with Gasteiger partial charge in [0.15, 0.2) is 9.84 Å². The number of nitro benzene ring substituents is 1. The molecule has 0 aliphatic carbocycles. The second-order valence-corrected chi connectivity index (χ2v) is 30.7. The average Bonchev–Trinajstić information content (AvgIpc) is 4.08. The van der Waals surface area contributed by atoms with E-state index in [9.17, 15) is 63.0 Å². The number of likely N-dealkylation sites (N-methyl/N-ethyl adjacent to an activating group) is 1. The number of anilines is 1. The highest BCUT2D eigenvalue weighted by Gasteiger charge is 2.40. The number of carbonyl (C=O) groups excluding carboxylic acids is 4. The number of azo groups is 1. The summed E-state index contributed by atoms with van der Waals surface area (Å²) in [6, 6.07) is 26.8. The summed E-state index contributed by atoms with van der Waals surface area (Å²) in [4.78, 5) is 65.8. The lowest BCUT2D eigenvalue weighted by molar-refractivity contribution is -0.384. The summed E-state index contributed by atoms with van der Waals surface area (Å²) < 4.78 is 132. The molecule has 4 aromatic rings. The molecule has 88 heavy (non-hydrogen) atoms. The summed E-state index contributed by atoms with van der Waals surface area (Å²) in [6.07, 6.45) is -2.33. The lowest BCUT2D eigenvalue weighted by atomic mass is 10.1. The van der Waals surface area contributed by atoms with Gasteiger partial charge in [-0.05, 0) is 109 Å². The predicted molar refractivity (Wildman–Crippen MR) is 331 cm³/mol. The fraction of sp³-hybridized carbons (Fsp3) is 0.509. The highest BCUT2D eigenvalue weighted by atomic mass is 32.2. The Morgan fingerprint density at radius 1 is 0.659 bits per heavy atom. The van der Waals surface area contributed by atoms with Crippen LogP contribution >= 0.6 is 0 Å². The van der Waals surface area contributed by atoms with Crippen LogP contribution in [0.2, 0.25) is 0 Å². The third-order valence-electron chi connectivity index (χ3n) is 13.1. The molecule has 484 valence electrons. The van der Waals surface area contributed by atoms with Gasteiger partial charge < -0.3 is 34.6 Å². The molecule has 1 aliphatic heterocycles. The van der Waals surface area contributed by atoms with E-state index in [2.05, 4.69) is 35.0 Å². The minimum atomic E-state index is -4.45. The minimum absolute atomic E-state index is 0.0588. The number of rotatable bonds is 33. The zero-order valence-electron chi connectivity index (χ0n) is 50.3. The number of amides is 3. The van der Waals surface area contributed by atoms with Crippen LogP contribution in [0.4, 0.5) is 32.3 Å². The molecule has 1 fully saturated rings. The molecule has 5 rings (SSSR count). The van der Waals surface area contributed by atoms with Gasteiger partial charge in [-0.3, -0.25) is 19.7 Å². The maximum absolute atomic E-state index is 13.8. The number of likely N-dealkylation sites (tertiary alicyclic amines) is 1. The molecule has 1 saturated heterocycles. The van der Waals surface area contributed by atoms with Crippen LogP contribution in [0.5, 0.6) is 0 Å². The van der Waals surface area contributed by atoms with Gasteiger partial charge in [0.25, 0.3) is 5.69 Å². The molecule has 3 amide bonds. The van der Waals surface area contributed by atoms with Crippen LogP contribution in [-0.2, 0) is 76.5 Å². The van der Waals surface area contributed by atoms with Crippen LogP contribution < -0.4 is 29.7 Å². The number of benzene rings is 4. The molecule has 0 unspecified atom stereocenters. The number of hydrogen-bond donors (Lipinski definition) is 5. The highest BCUT2D eigenvalue weighted by molar-refractivity contribution is 7.92. The Hall–Kier alpha value is -7.16. The third kappa shape index (κ3) is 27.1. The topological polar surface area (TPSA) is 367 Å². The molecule has 0 radical (unpaired) electrons. The van der Waals surface area contributed by atoms with Gasteiger partial charge in [-0.15, -0.1) is 0 Å². The Labute approximate surface area is 515 Å². The Morgan fingerprint density at radius 2 is 1.14 bits per heavy atom. The summed E-state index contributed by atoms with van der Waals surface area (Å²) >= 11 is 0. The minimum Gasteiger partial charge on any atom is -0.464 e. The molecule has 1 aliphatic rings. The Kier molecular flexibility index (Phi) is 26.3. The van der Waals surface area contributed by atoms with Crippen LogP contribution in [0, 0.1) is 16.0 Å². The monoisotopic (exact) mass is 1300 g/mol. The van der Waals surface area contributed by atoms with E-state index in [4.69, 9.17) is 14.2 Å². The lowest BCUT2D eigenvalue weighted by Gasteiger charge is -2.24. The number of non-ortho nitro benzene ring substituents is 1. The number of alkyl carbamates (subject to hydrolysis) is 2. The van der Waals surface area contributed by atoms with Gasteiger partial charge in [0.05, 0.1) is 70.1 Å². The smallest absolute Gasteiger partial charge is 0.407 e. The highest BCUT2D eigenvalue weighted by Crippen LogP contribution is 2.25. The SMILES string of the molecule is CCN(CCOC(=O)CCC(=O)N1C[C@@H](CS(=O)(=O)CCNS(=O)(=O)C[C@H](Cc2ccccc2)NC(=O)OC(C)(C)C)[C@H](NS(=O)(=O)CCNS(=O)(=O)C[C@H](Cc2ccccc2)NC(=O)OC(C)(C)C)C1)c1ccc(N=Nc2ccc([N+](=O)[O-])cc2)cc1. The number of esters is 1. The van der Waals surface area contributed by atoms with E-state index in [0.29, 0.717) is 29.0 Å². The number of sulfone groups is 1. The van der Waals surface area contributed by atoms with E-state index < -0.39 is 152 Å². The third-order valence-corrected chi connectivity index (χ3v) is 19.2. The molecule has 1 heterocycles. The molecule has 0 bridgehead atoms. The Morgan fingerprint density at radius 3 is 1.60 bits per heavy atom. The van der Waals surface area contributed by atoms with Crippen molar-refractivity contribution >= 4 is 86.7 Å². The lowest BCUT2D eigenvalue weighted by Crippen LogP contribution is -2.47. The second-order valence-electron chi connectivity index (χ2n) is 22.9. The average molecular weight is 1310 g/mol. The van der Waals surface area contributed by atoms with Crippen molar-refractivity contribution in [3.63, 3.8) is 0 Å². The van der Waals surface area contributed by atoms with Gasteiger partial charge >= 0.3 is 18.2 Å². The van der Waals surface area contributed by atoms with Crippen LogP contribution in [-0.4, -0.2) is 172 Å². The number of hydrogen-bond acceptors (Lipinski definition) is 20. The van der Waals surface area contributed by atoms with Gasteiger partial charge in [-0.25, -0.2) is 57.4 Å². The maximum atomic E-state index is 13.8. The van der Waals surface area contributed by atoms with Crippen LogP contribution in [0.25, 0.3) is 0 Å². The number of nitro groups is 1. The molecule has 0 saturated carbocycles. The van der Waals surface area contributed by atoms with Crippen LogP contribution in [0.1, 0.15) is 72.4 Å². The molecule has 0 spiro atoms. The van der Waals surface area contributed by atoms with Gasteiger partial charge in [-0.2, -0.15) is 10.2 Å². The summed E-state index contributed by atoms with van der Waals surface area (Å²) in [6.45, 7) is 10.6. The normalized spacial score (nSPS) is 15.7. The van der Waals surface area contributed by atoms with E-state index in [1.807, 2.05) is 11.8 Å². The number of nitrogens with zero attached hydrogens (tertiary/aromatic N) is 5. The Balaban J connectivity index is 1.21. The summed E-state index contributed by atoms with van der Waals surface area (Å²) in [5.74, 6) is -6.07. The molecular formula is C57H80N10O17S4. The quantitative estimate of drug-likeness (QED) is 0.0130. The molecule has 4 aromatic carbocycles. The van der Waals surface area contributed by atoms with E-state index in [1.54, 1.807) is 126 Å². The first-order valence-corrected chi connectivity index (χ1v) is 35.1. The van der Waals surface area contributed by atoms with Gasteiger partial charge in [0, 0.05) is 68.9 Å². The molecular weight excluding hydrogens is 1220 g/mol. The summed E-state index contributed by atoms with van der Waals surface area (Å²) in [7, 11) is -17.2. The number of carbonyl (C=O) groups is 4. The van der Waals surface area contributed by atoms with Crippen molar-refractivity contribution in [3.8, 4) is 0 Å². The van der Waals surface area contributed by atoms with Gasteiger partial charge in [0.2, 0.25) is 36.0 Å². The van der Waals surface area contributed by atoms with Crippen molar-refractivity contribution in [2.24, 2.45) is 16.1 Å². The zero-order valence-corrected chi connectivity index (χ0v) is 53.6. The molecule has 5 N–H and O–H groups in total. The molecule has 27 nitrogen and oxygen atoms in total. The van der Waals surface area contributed by atoms with E-state index >= 15 is 0 Å². The van der Waals surface area contributed by atoms with Crippen LogP contribution in [0.3, 0.4) is 0 Å². The van der Waals surface area contributed by atoms with E-state index in [1.165, 1.54) is 29.2 Å². The van der Waals surface area contributed by atoms with Crippen molar-refractivity contribution in [1.29, 1.82) is 0 Å². The molecule has 4 atom stereocenters. The van der Waals surface area contributed by atoms with E-state index in [0.717, 1.165) is 5.69 Å². The van der Waals surface area contributed by atoms with Crippen molar-refractivity contribution in [2.75, 3.05) is 79.5 Å². The van der Waals surface area contributed by atoms with Gasteiger partial charge in [-0.1, -0.05) is 60.7 Å². The van der Waals surface area contributed by atoms with Crippen molar-refractivity contribution in [1.82, 2.24) is 29.7 Å². The fourth-order valence-electron chi connectivity index (χ4n) is 9.12. The summed E-state index contributed by atoms with van der Waals surface area (Å²) in [5.41, 5.74) is 1.25. The van der Waals surface area contributed by atoms with Crippen molar-refractivity contribution in [2.45, 2.75) is 103 Å². The predicted octanol–water partition coefficient (Wildman–Crippen LogP) is 5.43. The summed E-state index contributed by atoms with van der Waals surface area (Å²) in [5, 5.41) is 24.4. The van der Waals surface area contributed by atoms with E-state index in [-0.39, 0.29) is 51.2 Å². The fourth-order valence-corrected chi connectivity index (χ4v) is 14.7.